The molecule has 1 saturated heterocycles. The van der Waals surface area contributed by atoms with E-state index in [1.54, 1.807) is 12.1 Å². The third kappa shape index (κ3) is 4.15. The molecule has 0 bridgehead atoms. The van der Waals surface area contributed by atoms with E-state index in [0.717, 1.165) is 19.3 Å². The maximum atomic E-state index is 12.9. The van der Waals surface area contributed by atoms with Gasteiger partial charge in [0.2, 0.25) is 0 Å². The van der Waals surface area contributed by atoms with Gasteiger partial charge in [-0.05, 0) is 49.4 Å². The molecule has 1 aliphatic carbocycles. The second-order valence-corrected chi connectivity index (χ2v) is 6.24. The molecule has 128 valence electrons. The number of fused-ring (bicyclic) bond motifs is 1. The molecule has 1 aromatic carbocycles. The molecule has 0 spiro atoms. The van der Waals surface area contributed by atoms with Crippen molar-refractivity contribution >= 4 is 18.4 Å². The molecule has 2 fully saturated rings. The maximum Gasteiger partial charge on any atom is 0.320 e. The molecule has 1 N–H and O–H groups in total. The number of aliphatic carboxylic acids is 1. The van der Waals surface area contributed by atoms with Gasteiger partial charge in [0.1, 0.15) is 24.2 Å². The summed E-state index contributed by atoms with van der Waals surface area (Å²) >= 11 is 0. The summed E-state index contributed by atoms with van der Waals surface area (Å²) in [5.41, 5.74) is 0. The van der Waals surface area contributed by atoms with Crippen molar-refractivity contribution < 1.29 is 19.0 Å². The molecule has 1 aliphatic heterocycles. The number of hydrogen-bond acceptors (Lipinski definition) is 3. The second kappa shape index (κ2) is 7.97. The van der Waals surface area contributed by atoms with Crippen molar-refractivity contribution in [2.24, 2.45) is 5.92 Å². The molecule has 2 aliphatic rings. The Labute approximate surface area is 142 Å². The summed E-state index contributed by atoms with van der Waals surface area (Å²) in [5.74, 6) is 0.118. The first-order valence-corrected chi connectivity index (χ1v) is 8.02. The van der Waals surface area contributed by atoms with Crippen LogP contribution in [0.5, 0.6) is 5.75 Å². The number of carbonyl (C=O) groups is 1. The molecular weight excluding hydrogens is 321 g/mol. The van der Waals surface area contributed by atoms with Gasteiger partial charge < -0.3 is 9.84 Å². The number of halogens is 2. The van der Waals surface area contributed by atoms with Crippen LogP contribution in [0.4, 0.5) is 4.39 Å². The minimum atomic E-state index is -0.726. The minimum absolute atomic E-state index is 0. The molecule has 3 unspecified atom stereocenters. The maximum absolute atomic E-state index is 12.9. The Balaban J connectivity index is 0.00000192. The number of likely N-dealkylation sites (tertiary alicyclic amines) is 1. The SMILES string of the molecule is Cl.O=C(O)C1CC2CCCCC2N1CCOc1ccc(F)cc1. The van der Waals surface area contributed by atoms with Crippen LogP contribution in [0.25, 0.3) is 0 Å². The van der Waals surface area contributed by atoms with Crippen molar-refractivity contribution in [2.75, 3.05) is 13.2 Å². The Hall–Kier alpha value is -1.33. The van der Waals surface area contributed by atoms with Gasteiger partial charge in [0.05, 0.1) is 0 Å². The van der Waals surface area contributed by atoms with Crippen LogP contribution >= 0.6 is 12.4 Å². The second-order valence-electron chi connectivity index (χ2n) is 6.24. The third-order valence-corrected chi connectivity index (χ3v) is 4.94. The molecule has 4 nitrogen and oxygen atoms in total. The van der Waals surface area contributed by atoms with Crippen LogP contribution in [-0.2, 0) is 4.79 Å². The third-order valence-electron chi connectivity index (χ3n) is 4.94. The normalized spacial score (nSPS) is 27.1. The first kappa shape index (κ1) is 18.0. The Morgan fingerprint density at radius 1 is 1.26 bits per heavy atom. The van der Waals surface area contributed by atoms with E-state index < -0.39 is 5.97 Å². The van der Waals surface area contributed by atoms with Gasteiger partial charge >= 0.3 is 5.97 Å². The molecule has 1 aromatic rings. The van der Waals surface area contributed by atoms with Crippen molar-refractivity contribution in [3.63, 3.8) is 0 Å². The highest BCUT2D eigenvalue weighted by molar-refractivity contribution is 5.85. The topological polar surface area (TPSA) is 49.8 Å². The summed E-state index contributed by atoms with van der Waals surface area (Å²) in [5, 5.41) is 9.45. The average molecular weight is 344 g/mol. The molecule has 1 saturated carbocycles. The molecule has 6 heteroatoms. The van der Waals surface area contributed by atoms with Crippen LogP contribution in [0, 0.1) is 11.7 Å². The lowest BCUT2D eigenvalue weighted by Crippen LogP contribution is -2.44. The van der Waals surface area contributed by atoms with E-state index in [1.807, 2.05) is 0 Å². The summed E-state index contributed by atoms with van der Waals surface area (Å²) < 4.78 is 18.5. The first-order chi connectivity index (χ1) is 10.6. The van der Waals surface area contributed by atoms with E-state index in [9.17, 15) is 14.3 Å². The number of benzene rings is 1. The molecule has 0 aromatic heterocycles. The highest BCUT2D eigenvalue weighted by atomic mass is 35.5. The van der Waals surface area contributed by atoms with Crippen LogP contribution < -0.4 is 4.74 Å². The van der Waals surface area contributed by atoms with Gasteiger partial charge in [-0.25, -0.2) is 4.39 Å². The summed E-state index contributed by atoms with van der Waals surface area (Å²) in [7, 11) is 0. The lowest BCUT2D eigenvalue weighted by atomic mass is 9.85. The number of nitrogens with zero attached hydrogens (tertiary/aromatic N) is 1. The van der Waals surface area contributed by atoms with E-state index in [2.05, 4.69) is 4.90 Å². The van der Waals surface area contributed by atoms with E-state index in [-0.39, 0.29) is 24.3 Å². The van der Waals surface area contributed by atoms with Crippen LogP contribution in [0.1, 0.15) is 32.1 Å². The van der Waals surface area contributed by atoms with Crippen LogP contribution in [0.2, 0.25) is 0 Å². The van der Waals surface area contributed by atoms with Crippen molar-refractivity contribution in [1.29, 1.82) is 0 Å². The minimum Gasteiger partial charge on any atom is -0.492 e. The molecule has 3 atom stereocenters. The van der Waals surface area contributed by atoms with Crippen molar-refractivity contribution in [1.82, 2.24) is 4.90 Å². The molecule has 0 amide bonds. The molecule has 0 radical (unpaired) electrons. The molecular formula is C17H23ClFNO3. The van der Waals surface area contributed by atoms with E-state index in [1.165, 1.54) is 25.0 Å². The van der Waals surface area contributed by atoms with Crippen molar-refractivity contribution in [2.45, 2.75) is 44.2 Å². The van der Waals surface area contributed by atoms with Crippen LogP contribution in [0.15, 0.2) is 24.3 Å². The Kier molecular flexibility index (Phi) is 6.25. The Bertz CT molecular complexity index is 525. The predicted octanol–water partition coefficient (Wildman–Crippen LogP) is 3.34. The Morgan fingerprint density at radius 3 is 2.65 bits per heavy atom. The summed E-state index contributed by atoms with van der Waals surface area (Å²) in [6.07, 6.45) is 5.39. The van der Waals surface area contributed by atoms with Gasteiger partial charge in [-0.1, -0.05) is 12.8 Å². The zero-order valence-corrected chi connectivity index (χ0v) is 13.8. The van der Waals surface area contributed by atoms with E-state index in [4.69, 9.17) is 4.74 Å². The number of carboxylic acid groups (broad SMARTS) is 1. The van der Waals surface area contributed by atoms with Gasteiger partial charge in [0, 0.05) is 12.6 Å². The Morgan fingerprint density at radius 2 is 1.96 bits per heavy atom. The fraction of sp³-hybridized carbons (Fsp3) is 0.588. The van der Waals surface area contributed by atoms with Gasteiger partial charge in [0.15, 0.2) is 0 Å². The fourth-order valence-electron chi connectivity index (χ4n) is 3.92. The van der Waals surface area contributed by atoms with Crippen molar-refractivity contribution in [3.05, 3.63) is 30.1 Å². The number of carboxylic acids is 1. The number of rotatable bonds is 5. The van der Waals surface area contributed by atoms with Gasteiger partial charge in [-0.15, -0.1) is 12.4 Å². The quantitative estimate of drug-likeness (QED) is 0.890. The summed E-state index contributed by atoms with van der Waals surface area (Å²) in [4.78, 5) is 13.6. The highest BCUT2D eigenvalue weighted by Crippen LogP contribution is 2.39. The summed E-state index contributed by atoms with van der Waals surface area (Å²) in [6, 6.07) is 5.91. The largest absolute Gasteiger partial charge is 0.492 e. The smallest absolute Gasteiger partial charge is 0.320 e. The zero-order chi connectivity index (χ0) is 15.5. The van der Waals surface area contributed by atoms with E-state index in [0.29, 0.717) is 30.9 Å². The predicted molar refractivity (Wildman–Crippen MR) is 87.6 cm³/mol. The van der Waals surface area contributed by atoms with Gasteiger partial charge in [-0.2, -0.15) is 0 Å². The van der Waals surface area contributed by atoms with Gasteiger partial charge in [0.25, 0.3) is 0 Å². The standard InChI is InChI=1S/C17H22FNO3.ClH/c18-13-5-7-14(8-6-13)22-10-9-19-15-4-2-1-3-12(15)11-16(19)17(20)21;/h5-8,12,15-16H,1-4,9-11H2,(H,20,21);1H. The fourth-order valence-corrected chi connectivity index (χ4v) is 3.92. The number of hydrogen-bond donors (Lipinski definition) is 1. The molecule has 23 heavy (non-hydrogen) atoms. The zero-order valence-electron chi connectivity index (χ0n) is 13.0. The summed E-state index contributed by atoms with van der Waals surface area (Å²) in [6.45, 7) is 1.04. The number of ether oxygens (including phenoxy) is 1. The molecule has 1 heterocycles. The van der Waals surface area contributed by atoms with E-state index >= 15 is 0 Å². The monoisotopic (exact) mass is 343 g/mol. The lowest BCUT2D eigenvalue weighted by molar-refractivity contribution is -0.142. The lowest BCUT2D eigenvalue weighted by Gasteiger charge is -2.32. The average Bonchev–Trinajstić information content (AvgIpc) is 2.89. The van der Waals surface area contributed by atoms with Crippen molar-refractivity contribution in [3.8, 4) is 5.75 Å². The molecule has 3 rings (SSSR count). The van der Waals surface area contributed by atoms with Crippen LogP contribution in [-0.4, -0.2) is 41.2 Å². The first-order valence-electron chi connectivity index (χ1n) is 8.02. The highest BCUT2D eigenvalue weighted by Gasteiger charge is 2.44. The van der Waals surface area contributed by atoms with Crippen LogP contribution in [0.3, 0.4) is 0 Å². The van der Waals surface area contributed by atoms with Gasteiger partial charge in [-0.3, -0.25) is 9.69 Å².